The van der Waals surface area contributed by atoms with Gasteiger partial charge in [0.05, 0.1) is 11.7 Å². The molecule has 0 spiro atoms. The maximum absolute atomic E-state index is 12.8. The van der Waals surface area contributed by atoms with Gasteiger partial charge in [0.15, 0.2) is 0 Å². The molecule has 2 rings (SSSR count). The zero-order chi connectivity index (χ0) is 13.2. The zero-order valence-corrected chi connectivity index (χ0v) is 9.95. The van der Waals surface area contributed by atoms with Crippen LogP contribution in [0.4, 0.5) is 13.2 Å². The molecular weight excluding hydrogens is 243 g/mol. The molecule has 0 saturated heterocycles. The van der Waals surface area contributed by atoms with E-state index in [4.69, 9.17) is 0 Å². The first-order chi connectivity index (χ1) is 8.50. The number of nitrogens with zero attached hydrogens (tertiary/aromatic N) is 1. The van der Waals surface area contributed by atoms with E-state index >= 15 is 0 Å². The Balaban J connectivity index is 2.26. The van der Waals surface area contributed by atoms with E-state index in [2.05, 4.69) is 4.98 Å². The molecule has 0 radical (unpaired) electrons. The van der Waals surface area contributed by atoms with Crippen molar-refractivity contribution in [3.8, 4) is 0 Å². The zero-order valence-electron chi connectivity index (χ0n) is 9.95. The number of aliphatic hydroxyl groups excluding tert-OH is 1. The number of aromatic nitrogens is 1. The summed E-state index contributed by atoms with van der Waals surface area (Å²) in [5, 5.41) is 10.1. The molecule has 0 aromatic carbocycles. The normalized spacial score (nSPS) is 19.8. The topological polar surface area (TPSA) is 33.1 Å². The number of pyridine rings is 1. The lowest BCUT2D eigenvalue weighted by molar-refractivity contribution is -0.139. The van der Waals surface area contributed by atoms with Crippen molar-refractivity contribution in [3.05, 3.63) is 29.6 Å². The summed E-state index contributed by atoms with van der Waals surface area (Å²) in [6.07, 6.45) is 1.38. The summed E-state index contributed by atoms with van der Waals surface area (Å²) < 4.78 is 38.5. The molecular formula is C13H16F3NO. The van der Waals surface area contributed by atoms with Gasteiger partial charge >= 0.3 is 6.18 Å². The van der Waals surface area contributed by atoms with Crippen molar-refractivity contribution in [1.29, 1.82) is 0 Å². The van der Waals surface area contributed by atoms with Crippen molar-refractivity contribution < 1.29 is 18.3 Å². The summed E-state index contributed by atoms with van der Waals surface area (Å²) in [5.41, 5.74) is -0.854. The van der Waals surface area contributed by atoms with E-state index in [0.29, 0.717) is 0 Å². The average molecular weight is 259 g/mol. The Hall–Kier alpha value is -1.10. The van der Waals surface area contributed by atoms with E-state index < -0.39 is 17.8 Å². The molecule has 0 bridgehead atoms. The number of hydrogen-bond acceptors (Lipinski definition) is 2. The van der Waals surface area contributed by atoms with E-state index in [9.17, 15) is 18.3 Å². The molecule has 1 heterocycles. The minimum atomic E-state index is -4.44. The van der Waals surface area contributed by atoms with Crippen molar-refractivity contribution in [1.82, 2.24) is 4.98 Å². The molecule has 100 valence electrons. The highest BCUT2D eigenvalue weighted by molar-refractivity contribution is 5.28. The van der Waals surface area contributed by atoms with Crippen LogP contribution in [0.25, 0.3) is 0 Å². The number of rotatable bonds is 2. The smallest absolute Gasteiger partial charge is 0.388 e. The number of aliphatic hydroxyl groups is 1. The number of alkyl halides is 3. The fourth-order valence-electron chi connectivity index (χ4n) is 2.60. The van der Waals surface area contributed by atoms with Crippen molar-refractivity contribution >= 4 is 0 Å². The van der Waals surface area contributed by atoms with Gasteiger partial charge in [0, 0.05) is 18.0 Å². The summed E-state index contributed by atoms with van der Waals surface area (Å²) in [5.74, 6) is -0.0796. The van der Waals surface area contributed by atoms with Crippen LogP contribution in [0.1, 0.15) is 49.3 Å². The Kier molecular flexibility index (Phi) is 3.90. The third-order valence-corrected chi connectivity index (χ3v) is 3.57. The molecule has 18 heavy (non-hydrogen) atoms. The Bertz CT molecular complexity index is 399. The number of halogens is 3. The van der Waals surface area contributed by atoms with Crippen molar-refractivity contribution in [2.24, 2.45) is 5.92 Å². The van der Waals surface area contributed by atoms with Gasteiger partial charge in [-0.2, -0.15) is 13.2 Å². The maximum atomic E-state index is 12.8. The fourth-order valence-corrected chi connectivity index (χ4v) is 2.60. The van der Waals surface area contributed by atoms with Crippen LogP contribution >= 0.6 is 0 Å². The van der Waals surface area contributed by atoms with Crippen LogP contribution in [-0.4, -0.2) is 10.1 Å². The van der Waals surface area contributed by atoms with E-state index in [-0.39, 0.29) is 11.5 Å². The molecule has 0 amide bonds. The second-order valence-electron chi connectivity index (χ2n) is 4.80. The standard InChI is InChI=1S/C13H16F3NO/c14-13(15,16)11-6-7-17-8-10(11)12(18)9-4-2-1-3-5-9/h6-9,12,18H,1-5H2. The third-order valence-electron chi connectivity index (χ3n) is 3.57. The molecule has 2 nitrogen and oxygen atoms in total. The first kappa shape index (κ1) is 13.3. The van der Waals surface area contributed by atoms with Crippen LogP contribution in [0.2, 0.25) is 0 Å². The van der Waals surface area contributed by atoms with Crippen LogP contribution in [0.15, 0.2) is 18.5 Å². The molecule has 1 fully saturated rings. The molecule has 1 N–H and O–H groups in total. The lowest BCUT2D eigenvalue weighted by atomic mass is 9.82. The lowest BCUT2D eigenvalue weighted by Crippen LogP contribution is -2.20. The first-order valence-electron chi connectivity index (χ1n) is 6.19. The predicted molar refractivity (Wildman–Crippen MR) is 60.8 cm³/mol. The highest BCUT2D eigenvalue weighted by atomic mass is 19.4. The van der Waals surface area contributed by atoms with Crippen molar-refractivity contribution in [2.45, 2.75) is 44.4 Å². The Labute approximate surface area is 104 Å². The molecule has 0 aliphatic heterocycles. The fraction of sp³-hybridized carbons (Fsp3) is 0.615. The quantitative estimate of drug-likeness (QED) is 0.878. The van der Waals surface area contributed by atoms with Gasteiger partial charge in [-0.25, -0.2) is 0 Å². The highest BCUT2D eigenvalue weighted by Gasteiger charge is 2.36. The summed E-state index contributed by atoms with van der Waals surface area (Å²) >= 11 is 0. The van der Waals surface area contributed by atoms with Gasteiger partial charge in [-0.1, -0.05) is 19.3 Å². The van der Waals surface area contributed by atoms with Crippen LogP contribution in [0.5, 0.6) is 0 Å². The monoisotopic (exact) mass is 259 g/mol. The van der Waals surface area contributed by atoms with E-state index in [0.717, 1.165) is 50.6 Å². The third kappa shape index (κ3) is 2.83. The van der Waals surface area contributed by atoms with Gasteiger partial charge in [0.25, 0.3) is 0 Å². The predicted octanol–water partition coefficient (Wildman–Crippen LogP) is 3.71. The SMILES string of the molecule is OC(c1cnccc1C(F)(F)F)C1CCCCC1. The molecule has 5 heteroatoms. The van der Waals surface area contributed by atoms with Crippen LogP contribution < -0.4 is 0 Å². The second kappa shape index (κ2) is 5.26. The largest absolute Gasteiger partial charge is 0.416 e. The second-order valence-corrected chi connectivity index (χ2v) is 4.80. The Morgan fingerprint density at radius 2 is 1.89 bits per heavy atom. The maximum Gasteiger partial charge on any atom is 0.416 e. The minimum absolute atomic E-state index is 0.0796. The van der Waals surface area contributed by atoms with Gasteiger partial charge in [-0.05, 0) is 24.8 Å². The lowest BCUT2D eigenvalue weighted by Gasteiger charge is -2.28. The van der Waals surface area contributed by atoms with Gasteiger partial charge in [0.2, 0.25) is 0 Å². The van der Waals surface area contributed by atoms with E-state index in [1.165, 1.54) is 0 Å². The van der Waals surface area contributed by atoms with Gasteiger partial charge in [0.1, 0.15) is 0 Å². The van der Waals surface area contributed by atoms with Crippen LogP contribution in [0, 0.1) is 5.92 Å². The molecule has 1 saturated carbocycles. The Morgan fingerprint density at radius 3 is 2.50 bits per heavy atom. The number of hydrogen-bond donors (Lipinski definition) is 1. The van der Waals surface area contributed by atoms with E-state index in [1.54, 1.807) is 0 Å². The summed E-state index contributed by atoms with van der Waals surface area (Å²) in [6.45, 7) is 0. The van der Waals surface area contributed by atoms with Crippen LogP contribution in [-0.2, 0) is 6.18 Å². The minimum Gasteiger partial charge on any atom is -0.388 e. The summed E-state index contributed by atoms with van der Waals surface area (Å²) in [6, 6.07) is 0.932. The van der Waals surface area contributed by atoms with E-state index in [1.807, 2.05) is 0 Å². The highest BCUT2D eigenvalue weighted by Crippen LogP contribution is 2.39. The average Bonchev–Trinajstić information content (AvgIpc) is 2.38. The van der Waals surface area contributed by atoms with Crippen molar-refractivity contribution in [2.75, 3.05) is 0 Å². The molecule has 1 aliphatic carbocycles. The molecule has 1 aromatic heterocycles. The van der Waals surface area contributed by atoms with Crippen LogP contribution in [0.3, 0.4) is 0 Å². The van der Waals surface area contributed by atoms with Gasteiger partial charge in [-0.3, -0.25) is 4.98 Å². The molecule has 1 unspecified atom stereocenters. The molecule has 1 aliphatic rings. The molecule has 1 atom stereocenters. The summed E-state index contributed by atoms with van der Waals surface area (Å²) in [7, 11) is 0. The first-order valence-corrected chi connectivity index (χ1v) is 6.19. The van der Waals surface area contributed by atoms with Gasteiger partial charge in [-0.15, -0.1) is 0 Å². The van der Waals surface area contributed by atoms with Gasteiger partial charge < -0.3 is 5.11 Å². The molecule has 1 aromatic rings. The summed E-state index contributed by atoms with van der Waals surface area (Å²) in [4.78, 5) is 3.71. The Morgan fingerprint density at radius 1 is 1.22 bits per heavy atom. The van der Waals surface area contributed by atoms with Crippen molar-refractivity contribution in [3.63, 3.8) is 0 Å².